The molecular formula is C20H30N2O5. The van der Waals surface area contributed by atoms with Gasteiger partial charge in [-0.05, 0) is 39.2 Å². The third kappa shape index (κ3) is 6.75. The van der Waals surface area contributed by atoms with Crippen LogP contribution in [0.3, 0.4) is 0 Å². The molecule has 0 bridgehead atoms. The number of hydrogen-bond donors (Lipinski definition) is 1. The quantitative estimate of drug-likeness (QED) is 0.850. The van der Waals surface area contributed by atoms with E-state index in [4.69, 9.17) is 14.2 Å². The number of piperidine rings is 1. The first-order valence-corrected chi connectivity index (χ1v) is 9.26. The zero-order valence-corrected chi connectivity index (χ0v) is 16.6. The minimum absolute atomic E-state index is 0.208. The second kappa shape index (κ2) is 9.60. The van der Waals surface area contributed by atoms with Crippen molar-refractivity contribution in [3.05, 3.63) is 35.9 Å². The lowest BCUT2D eigenvalue weighted by Crippen LogP contribution is -2.59. The minimum Gasteiger partial charge on any atom is -0.445 e. The van der Waals surface area contributed by atoms with E-state index in [9.17, 15) is 9.59 Å². The topological polar surface area (TPSA) is 77.1 Å². The van der Waals surface area contributed by atoms with Crippen LogP contribution >= 0.6 is 0 Å². The zero-order chi connectivity index (χ0) is 19.9. The highest BCUT2D eigenvalue weighted by Crippen LogP contribution is 2.20. The van der Waals surface area contributed by atoms with Crippen molar-refractivity contribution >= 4 is 12.2 Å². The molecule has 2 atom stereocenters. The van der Waals surface area contributed by atoms with Crippen LogP contribution in [-0.2, 0) is 20.8 Å². The van der Waals surface area contributed by atoms with Crippen LogP contribution in [0.2, 0.25) is 0 Å². The van der Waals surface area contributed by atoms with Gasteiger partial charge < -0.3 is 24.4 Å². The Kier molecular flexibility index (Phi) is 7.47. The Morgan fingerprint density at radius 3 is 2.56 bits per heavy atom. The van der Waals surface area contributed by atoms with Gasteiger partial charge >= 0.3 is 12.2 Å². The van der Waals surface area contributed by atoms with Crippen molar-refractivity contribution in [1.82, 2.24) is 10.2 Å². The van der Waals surface area contributed by atoms with Crippen molar-refractivity contribution in [2.24, 2.45) is 0 Å². The van der Waals surface area contributed by atoms with Crippen LogP contribution in [0.25, 0.3) is 0 Å². The van der Waals surface area contributed by atoms with Crippen molar-refractivity contribution in [2.75, 3.05) is 20.3 Å². The van der Waals surface area contributed by atoms with Crippen LogP contribution in [0, 0.1) is 0 Å². The van der Waals surface area contributed by atoms with Gasteiger partial charge in [0.05, 0.1) is 18.7 Å². The molecule has 1 aliphatic heterocycles. The molecule has 7 heteroatoms. The fraction of sp³-hybridized carbons (Fsp3) is 0.600. The van der Waals surface area contributed by atoms with Gasteiger partial charge in [-0.1, -0.05) is 30.3 Å². The number of alkyl carbamates (subject to hydrolysis) is 1. The van der Waals surface area contributed by atoms with E-state index in [0.717, 1.165) is 18.4 Å². The van der Waals surface area contributed by atoms with E-state index in [0.29, 0.717) is 13.2 Å². The van der Waals surface area contributed by atoms with Crippen LogP contribution in [0.1, 0.15) is 39.2 Å². The maximum atomic E-state index is 12.6. The largest absolute Gasteiger partial charge is 0.445 e. The summed E-state index contributed by atoms with van der Waals surface area (Å²) in [4.78, 5) is 26.4. The van der Waals surface area contributed by atoms with Gasteiger partial charge in [0, 0.05) is 13.7 Å². The highest BCUT2D eigenvalue weighted by Gasteiger charge is 2.36. The molecule has 0 radical (unpaired) electrons. The third-order valence-electron chi connectivity index (χ3n) is 4.26. The first-order valence-electron chi connectivity index (χ1n) is 9.26. The number of likely N-dealkylation sites (tertiary alicyclic amines) is 1. The Balaban J connectivity index is 1.99. The second-order valence-electron chi connectivity index (χ2n) is 7.65. The predicted molar refractivity (Wildman–Crippen MR) is 101 cm³/mol. The Bertz CT molecular complexity index is 615. The van der Waals surface area contributed by atoms with Crippen molar-refractivity contribution in [2.45, 2.75) is 57.9 Å². The monoisotopic (exact) mass is 378 g/mol. The predicted octanol–water partition coefficient (Wildman–Crippen LogP) is 3.33. The third-order valence-corrected chi connectivity index (χ3v) is 4.26. The minimum atomic E-state index is -0.580. The molecule has 1 saturated heterocycles. The number of benzene rings is 1. The standard InChI is InChI=1S/C20H30N2O5/c1-20(2,3)27-18(23)21-16-11-8-12-22(17(16)14-25-4)19(24)26-13-15-9-6-5-7-10-15/h5-7,9-10,16-17H,8,11-14H2,1-4H3,(H,21,23)/t16-,17-/m1/s1. The number of nitrogens with one attached hydrogen (secondary N) is 1. The SMILES string of the molecule is COC[C@@H]1[C@H](NC(=O)OC(C)(C)C)CCCN1C(=O)OCc1ccccc1. The normalized spacial score (nSPS) is 20.1. The Morgan fingerprint density at radius 2 is 1.93 bits per heavy atom. The summed E-state index contributed by atoms with van der Waals surface area (Å²) in [6.07, 6.45) is 0.612. The van der Waals surface area contributed by atoms with E-state index in [1.165, 1.54) is 0 Å². The molecule has 1 aliphatic rings. The molecule has 0 spiro atoms. The summed E-state index contributed by atoms with van der Waals surface area (Å²) in [6.45, 7) is 6.52. The van der Waals surface area contributed by atoms with E-state index in [1.54, 1.807) is 12.0 Å². The molecule has 2 rings (SSSR count). The molecule has 0 aromatic heterocycles. The van der Waals surface area contributed by atoms with E-state index in [1.807, 2.05) is 51.1 Å². The Labute approximate surface area is 161 Å². The number of rotatable bonds is 5. The highest BCUT2D eigenvalue weighted by molar-refractivity contribution is 5.70. The molecule has 150 valence electrons. The molecule has 7 nitrogen and oxygen atoms in total. The maximum absolute atomic E-state index is 12.6. The maximum Gasteiger partial charge on any atom is 0.410 e. The number of carbonyl (C=O) groups excluding carboxylic acids is 2. The summed E-state index contributed by atoms with van der Waals surface area (Å²) in [5.41, 5.74) is 0.346. The lowest BCUT2D eigenvalue weighted by molar-refractivity contribution is 0.0158. The van der Waals surface area contributed by atoms with Crippen LogP contribution < -0.4 is 5.32 Å². The summed E-state index contributed by atoms with van der Waals surface area (Å²) in [7, 11) is 1.58. The number of carbonyl (C=O) groups is 2. The summed E-state index contributed by atoms with van der Waals surface area (Å²) in [5.74, 6) is 0. The van der Waals surface area contributed by atoms with Crippen molar-refractivity contribution in [3.63, 3.8) is 0 Å². The van der Waals surface area contributed by atoms with Gasteiger partial charge in [-0.15, -0.1) is 0 Å². The van der Waals surface area contributed by atoms with Gasteiger partial charge in [0.15, 0.2) is 0 Å². The van der Waals surface area contributed by atoms with E-state index >= 15 is 0 Å². The molecule has 1 N–H and O–H groups in total. The summed E-state index contributed by atoms with van der Waals surface area (Å²) >= 11 is 0. The molecule has 2 amide bonds. The number of amides is 2. The summed E-state index contributed by atoms with van der Waals surface area (Å²) < 4.78 is 16.1. The van der Waals surface area contributed by atoms with Gasteiger partial charge in [-0.2, -0.15) is 0 Å². The molecular weight excluding hydrogens is 348 g/mol. The van der Waals surface area contributed by atoms with Crippen LogP contribution in [0.15, 0.2) is 30.3 Å². The van der Waals surface area contributed by atoms with Gasteiger partial charge in [-0.3, -0.25) is 0 Å². The number of hydrogen-bond acceptors (Lipinski definition) is 5. The van der Waals surface area contributed by atoms with Crippen LogP contribution in [0.5, 0.6) is 0 Å². The fourth-order valence-electron chi connectivity index (χ4n) is 3.09. The van der Waals surface area contributed by atoms with Gasteiger partial charge in [-0.25, -0.2) is 9.59 Å². The lowest BCUT2D eigenvalue weighted by Gasteiger charge is -2.40. The molecule has 1 aromatic carbocycles. The smallest absolute Gasteiger partial charge is 0.410 e. The van der Waals surface area contributed by atoms with Crippen molar-refractivity contribution in [3.8, 4) is 0 Å². The van der Waals surface area contributed by atoms with Gasteiger partial charge in [0.2, 0.25) is 0 Å². The van der Waals surface area contributed by atoms with Crippen molar-refractivity contribution in [1.29, 1.82) is 0 Å². The number of nitrogens with zero attached hydrogens (tertiary/aromatic N) is 1. The van der Waals surface area contributed by atoms with Crippen molar-refractivity contribution < 1.29 is 23.8 Å². The molecule has 1 aromatic rings. The average molecular weight is 378 g/mol. The summed E-state index contributed by atoms with van der Waals surface area (Å²) in [6, 6.07) is 8.97. The first-order chi connectivity index (χ1) is 12.8. The van der Waals surface area contributed by atoms with Gasteiger partial charge in [0.1, 0.15) is 12.2 Å². The Hall–Kier alpha value is -2.28. The van der Waals surface area contributed by atoms with Gasteiger partial charge in [0.25, 0.3) is 0 Å². The second-order valence-corrected chi connectivity index (χ2v) is 7.65. The zero-order valence-electron chi connectivity index (χ0n) is 16.6. The molecule has 0 saturated carbocycles. The van der Waals surface area contributed by atoms with Crippen LogP contribution in [-0.4, -0.2) is 55.0 Å². The van der Waals surface area contributed by atoms with E-state index in [-0.39, 0.29) is 18.7 Å². The van der Waals surface area contributed by atoms with Crippen LogP contribution in [0.4, 0.5) is 9.59 Å². The summed E-state index contributed by atoms with van der Waals surface area (Å²) in [5, 5.41) is 2.88. The molecule has 0 unspecified atom stereocenters. The first kappa shape index (κ1) is 21.0. The van der Waals surface area contributed by atoms with E-state index < -0.39 is 17.8 Å². The molecule has 1 fully saturated rings. The molecule has 27 heavy (non-hydrogen) atoms. The van der Waals surface area contributed by atoms with E-state index in [2.05, 4.69) is 5.32 Å². The number of methoxy groups -OCH3 is 1. The fourth-order valence-corrected chi connectivity index (χ4v) is 3.09. The highest BCUT2D eigenvalue weighted by atomic mass is 16.6. The molecule has 1 heterocycles. The lowest BCUT2D eigenvalue weighted by atomic mass is 9.97. The Morgan fingerprint density at radius 1 is 1.22 bits per heavy atom. The average Bonchev–Trinajstić information content (AvgIpc) is 2.60. The molecule has 0 aliphatic carbocycles. The number of ether oxygens (including phenoxy) is 3.